The molecule has 126 valence electrons. The van der Waals surface area contributed by atoms with E-state index in [2.05, 4.69) is 13.0 Å². The summed E-state index contributed by atoms with van der Waals surface area (Å²) in [7, 11) is 0. The molecule has 0 unspecified atom stereocenters. The molecule has 0 aromatic heterocycles. The summed E-state index contributed by atoms with van der Waals surface area (Å²) in [5.74, 6) is 0.903. The Morgan fingerprint density at radius 1 is 1.08 bits per heavy atom. The van der Waals surface area contributed by atoms with Crippen LogP contribution in [-0.2, 0) is 11.3 Å². The summed E-state index contributed by atoms with van der Waals surface area (Å²) in [6.45, 7) is 3.71. The zero-order chi connectivity index (χ0) is 16.8. The van der Waals surface area contributed by atoms with Crippen LogP contribution in [0, 0.1) is 6.92 Å². The van der Waals surface area contributed by atoms with Crippen molar-refractivity contribution in [3.05, 3.63) is 65.7 Å². The van der Waals surface area contributed by atoms with Gasteiger partial charge in [-0.2, -0.15) is 0 Å². The molecule has 0 atom stereocenters. The lowest BCUT2D eigenvalue weighted by Gasteiger charge is -2.31. The topological polar surface area (TPSA) is 38.8 Å². The van der Waals surface area contributed by atoms with Crippen LogP contribution in [0.25, 0.3) is 0 Å². The van der Waals surface area contributed by atoms with Gasteiger partial charge in [-0.05, 0) is 30.2 Å². The van der Waals surface area contributed by atoms with Crippen molar-refractivity contribution < 1.29 is 14.3 Å². The first-order valence-electron chi connectivity index (χ1n) is 8.39. The molecule has 0 bridgehead atoms. The number of rotatable bonds is 4. The van der Waals surface area contributed by atoms with Crippen molar-refractivity contribution in [1.29, 1.82) is 0 Å². The monoisotopic (exact) mass is 325 g/mol. The summed E-state index contributed by atoms with van der Waals surface area (Å²) in [6.07, 6.45) is 1.57. The van der Waals surface area contributed by atoms with E-state index in [0.717, 1.165) is 24.2 Å². The van der Waals surface area contributed by atoms with Crippen LogP contribution in [-0.4, -0.2) is 30.2 Å². The predicted octanol–water partition coefficient (Wildman–Crippen LogP) is 4.18. The summed E-state index contributed by atoms with van der Waals surface area (Å²) in [4.78, 5) is 13.9. The Labute approximate surface area is 143 Å². The van der Waals surface area contributed by atoms with E-state index in [-0.39, 0.29) is 12.2 Å². The molecule has 0 radical (unpaired) electrons. The molecule has 24 heavy (non-hydrogen) atoms. The number of likely N-dealkylation sites (tertiary alicyclic amines) is 1. The van der Waals surface area contributed by atoms with Gasteiger partial charge in [0.05, 0.1) is 0 Å². The molecule has 1 fully saturated rings. The molecule has 4 heteroatoms. The molecule has 1 amide bonds. The number of piperidine rings is 1. The Morgan fingerprint density at radius 3 is 2.54 bits per heavy atom. The van der Waals surface area contributed by atoms with Gasteiger partial charge >= 0.3 is 6.09 Å². The van der Waals surface area contributed by atoms with Crippen molar-refractivity contribution in [1.82, 2.24) is 4.90 Å². The Morgan fingerprint density at radius 2 is 1.83 bits per heavy atom. The number of aryl methyl sites for hydroxylation is 1. The molecule has 1 aliphatic rings. The largest absolute Gasteiger partial charge is 0.490 e. The van der Waals surface area contributed by atoms with Crippen molar-refractivity contribution >= 4 is 6.09 Å². The quantitative estimate of drug-likeness (QED) is 0.846. The number of carbonyl (C=O) groups excluding carboxylic acids is 1. The number of ether oxygens (including phenoxy) is 2. The van der Waals surface area contributed by atoms with Gasteiger partial charge in [0.25, 0.3) is 0 Å². The van der Waals surface area contributed by atoms with Crippen LogP contribution >= 0.6 is 0 Å². The van der Waals surface area contributed by atoms with Crippen LogP contribution in [0.5, 0.6) is 5.75 Å². The highest BCUT2D eigenvalue weighted by atomic mass is 16.6. The van der Waals surface area contributed by atoms with Crippen molar-refractivity contribution in [2.75, 3.05) is 13.1 Å². The van der Waals surface area contributed by atoms with Crippen LogP contribution in [0.4, 0.5) is 4.79 Å². The lowest BCUT2D eigenvalue weighted by Crippen LogP contribution is -2.42. The van der Waals surface area contributed by atoms with E-state index < -0.39 is 0 Å². The van der Waals surface area contributed by atoms with E-state index >= 15 is 0 Å². The van der Waals surface area contributed by atoms with E-state index in [1.54, 1.807) is 4.90 Å². The van der Waals surface area contributed by atoms with E-state index in [0.29, 0.717) is 19.7 Å². The average Bonchev–Trinajstić information content (AvgIpc) is 2.61. The third-order valence-electron chi connectivity index (χ3n) is 4.20. The zero-order valence-electron chi connectivity index (χ0n) is 14.0. The summed E-state index contributed by atoms with van der Waals surface area (Å²) in [6, 6.07) is 17.8. The standard InChI is InChI=1S/C20H23NO3/c1-16-6-5-9-19(14-16)24-18-10-12-21(13-11-18)20(22)23-15-17-7-3-2-4-8-17/h2-9,14,18H,10-13,15H2,1H3. The van der Waals surface area contributed by atoms with E-state index in [1.165, 1.54) is 5.56 Å². The van der Waals surface area contributed by atoms with Gasteiger partial charge in [0.1, 0.15) is 18.5 Å². The molecular weight excluding hydrogens is 302 g/mol. The SMILES string of the molecule is Cc1cccc(OC2CCN(C(=O)OCc3ccccc3)CC2)c1. The summed E-state index contributed by atoms with van der Waals surface area (Å²) in [5.41, 5.74) is 2.19. The molecule has 3 rings (SSSR count). The van der Waals surface area contributed by atoms with Crippen LogP contribution in [0.2, 0.25) is 0 Å². The van der Waals surface area contributed by atoms with Gasteiger partial charge in [0.15, 0.2) is 0 Å². The highest BCUT2D eigenvalue weighted by Crippen LogP contribution is 2.20. The van der Waals surface area contributed by atoms with Gasteiger partial charge in [-0.15, -0.1) is 0 Å². The van der Waals surface area contributed by atoms with Crippen LogP contribution in [0.1, 0.15) is 24.0 Å². The summed E-state index contributed by atoms with van der Waals surface area (Å²) < 4.78 is 11.4. The maximum absolute atomic E-state index is 12.1. The second-order valence-electron chi connectivity index (χ2n) is 6.16. The number of nitrogens with zero attached hydrogens (tertiary/aromatic N) is 1. The Bertz CT molecular complexity index is 664. The normalized spacial score (nSPS) is 15.1. The second kappa shape index (κ2) is 7.86. The highest BCUT2D eigenvalue weighted by Gasteiger charge is 2.24. The first-order chi connectivity index (χ1) is 11.7. The maximum atomic E-state index is 12.1. The fourth-order valence-electron chi connectivity index (χ4n) is 2.85. The summed E-state index contributed by atoms with van der Waals surface area (Å²) in [5, 5.41) is 0. The number of carbonyl (C=O) groups is 1. The van der Waals surface area contributed by atoms with E-state index in [4.69, 9.17) is 9.47 Å². The van der Waals surface area contributed by atoms with Gasteiger partial charge in [0.2, 0.25) is 0 Å². The fraction of sp³-hybridized carbons (Fsp3) is 0.350. The molecular formula is C20H23NO3. The molecule has 2 aromatic rings. The van der Waals surface area contributed by atoms with E-state index in [9.17, 15) is 4.79 Å². The third kappa shape index (κ3) is 4.51. The number of hydrogen-bond donors (Lipinski definition) is 0. The summed E-state index contributed by atoms with van der Waals surface area (Å²) >= 11 is 0. The number of amides is 1. The zero-order valence-corrected chi connectivity index (χ0v) is 14.0. The van der Waals surface area contributed by atoms with Crippen LogP contribution < -0.4 is 4.74 Å². The second-order valence-corrected chi connectivity index (χ2v) is 6.16. The molecule has 0 aliphatic carbocycles. The first-order valence-corrected chi connectivity index (χ1v) is 8.39. The predicted molar refractivity (Wildman–Crippen MR) is 93.0 cm³/mol. The third-order valence-corrected chi connectivity index (χ3v) is 4.20. The van der Waals surface area contributed by atoms with Crippen molar-refractivity contribution in [3.8, 4) is 5.75 Å². The molecule has 0 spiro atoms. The van der Waals surface area contributed by atoms with Gasteiger partial charge in [0, 0.05) is 25.9 Å². The lowest BCUT2D eigenvalue weighted by atomic mass is 10.1. The smallest absolute Gasteiger partial charge is 0.410 e. The van der Waals surface area contributed by atoms with Crippen molar-refractivity contribution in [3.63, 3.8) is 0 Å². The molecule has 0 saturated carbocycles. The molecule has 2 aromatic carbocycles. The fourth-order valence-corrected chi connectivity index (χ4v) is 2.85. The molecule has 1 heterocycles. The number of benzene rings is 2. The van der Waals surface area contributed by atoms with Crippen LogP contribution in [0.15, 0.2) is 54.6 Å². The first kappa shape index (κ1) is 16.4. The Balaban J connectivity index is 1.43. The van der Waals surface area contributed by atoms with Crippen molar-refractivity contribution in [2.45, 2.75) is 32.5 Å². The lowest BCUT2D eigenvalue weighted by molar-refractivity contribution is 0.0638. The molecule has 1 saturated heterocycles. The average molecular weight is 325 g/mol. The Kier molecular flexibility index (Phi) is 5.36. The van der Waals surface area contributed by atoms with Gasteiger partial charge in [-0.3, -0.25) is 0 Å². The van der Waals surface area contributed by atoms with Gasteiger partial charge < -0.3 is 14.4 Å². The molecule has 4 nitrogen and oxygen atoms in total. The van der Waals surface area contributed by atoms with Gasteiger partial charge in [-0.25, -0.2) is 4.79 Å². The highest BCUT2D eigenvalue weighted by molar-refractivity contribution is 5.67. The molecule has 0 N–H and O–H groups in total. The number of hydrogen-bond acceptors (Lipinski definition) is 3. The minimum atomic E-state index is -0.243. The van der Waals surface area contributed by atoms with Crippen LogP contribution in [0.3, 0.4) is 0 Å². The minimum Gasteiger partial charge on any atom is -0.490 e. The van der Waals surface area contributed by atoms with Gasteiger partial charge in [-0.1, -0.05) is 42.5 Å². The maximum Gasteiger partial charge on any atom is 0.410 e. The van der Waals surface area contributed by atoms with Crippen molar-refractivity contribution in [2.24, 2.45) is 0 Å². The molecule has 1 aliphatic heterocycles. The minimum absolute atomic E-state index is 0.157. The Hall–Kier alpha value is -2.49. The van der Waals surface area contributed by atoms with E-state index in [1.807, 2.05) is 48.5 Å².